The number of hydrogen-bond donors (Lipinski definition) is 0. The molecule has 0 amide bonds. The maximum atomic E-state index is 13.5. The number of ether oxygens (including phenoxy) is 1. The average Bonchev–Trinajstić information content (AvgIpc) is 2.09. The van der Waals surface area contributed by atoms with Gasteiger partial charge in [-0.1, -0.05) is 11.6 Å². The van der Waals surface area contributed by atoms with E-state index in [1.165, 1.54) is 6.07 Å². The highest BCUT2D eigenvalue weighted by Gasteiger charge is 2.21. The predicted octanol–water partition coefficient (Wildman–Crippen LogP) is 2.81. The highest BCUT2D eigenvalue weighted by atomic mass is 35.7. The van der Waals surface area contributed by atoms with Crippen molar-refractivity contribution in [1.82, 2.24) is 0 Å². The van der Waals surface area contributed by atoms with Crippen LogP contribution in [0.1, 0.15) is 6.92 Å². The first-order chi connectivity index (χ1) is 6.88. The lowest BCUT2D eigenvalue weighted by Gasteiger charge is -2.08. The summed E-state index contributed by atoms with van der Waals surface area (Å²) in [4.78, 5) is -0.642. The molecule has 1 aromatic carbocycles. The lowest BCUT2D eigenvalue weighted by molar-refractivity contribution is 0.318. The molecule has 7 heteroatoms. The van der Waals surface area contributed by atoms with Gasteiger partial charge in [-0.3, -0.25) is 0 Å². The molecule has 1 aromatic rings. The first-order valence-electron chi connectivity index (χ1n) is 3.93. The summed E-state index contributed by atoms with van der Waals surface area (Å²) in [5.74, 6) is -1.37. The Morgan fingerprint density at radius 3 is 2.53 bits per heavy atom. The van der Waals surface area contributed by atoms with Crippen molar-refractivity contribution < 1.29 is 17.5 Å². The lowest BCUT2D eigenvalue weighted by atomic mass is 10.3. The molecule has 0 saturated carbocycles. The van der Waals surface area contributed by atoms with Gasteiger partial charge in [-0.25, -0.2) is 12.8 Å². The van der Waals surface area contributed by atoms with Crippen molar-refractivity contribution in [3.63, 3.8) is 0 Å². The SMILES string of the molecule is CCOc1c(Cl)ccc(S(=O)(=O)Cl)c1F. The van der Waals surface area contributed by atoms with E-state index in [0.29, 0.717) is 0 Å². The van der Waals surface area contributed by atoms with Crippen molar-refractivity contribution in [1.29, 1.82) is 0 Å². The van der Waals surface area contributed by atoms with Crippen molar-refractivity contribution >= 4 is 31.3 Å². The highest BCUT2D eigenvalue weighted by molar-refractivity contribution is 8.13. The molecule has 0 radical (unpaired) electrons. The van der Waals surface area contributed by atoms with E-state index in [0.717, 1.165) is 6.07 Å². The van der Waals surface area contributed by atoms with Crippen LogP contribution in [0.15, 0.2) is 17.0 Å². The summed E-state index contributed by atoms with van der Waals surface area (Å²) in [7, 11) is 0.889. The van der Waals surface area contributed by atoms with Crippen LogP contribution in [-0.2, 0) is 9.05 Å². The Hall–Kier alpha value is -0.520. The fraction of sp³-hybridized carbons (Fsp3) is 0.250. The monoisotopic (exact) mass is 272 g/mol. The van der Waals surface area contributed by atoms with Crippen molar-refractivity contribution in [2.75, 3.05) is 6.61 Å². The second-order valence-corrected chi connectivity index (χ2v) is 5.50. The molecule has 84 valence electrons. The fourth-order valence-corrected chi connectivity index (χ4v) is 2.07. The Morgan fingerprint density at radius 1 is 1.47 bits per heavy atom. The summed E-state index contributed by atoms with van der Waals surface area (Å²) in [6.45, 7) is 1.79. The van der Waals surface area contributed by atoms with Gasteiger partial charge < -0.3 is 4.74 Å². The van der Waals surface area contributed by atoms with Crippen molar-refractivity contribution in [2.45, 2.75) is 11.8 Å². The summed E-state index contributed by atoms with van der Waals surface area (Å²) >= 11 is 5.63. The minimum absolute atomic E-state index is 0.00147. The van der Waals surface area contributed by atoms with Gasteiger partial charge in [-0.2, -0.15) is 0 Å². The van der Waals surface area contributed by atoms with Crippen LogP contribution in [0, 0.1) is 5.82 Å². The maximum Gasteiger partial charge on any atom is 0.264 e. The Bertz CT molecular complexity index is 473. The van der Waals surface area contributed by atoms with E-state index < -0.39 is 19.8 Å². The van der Waals surface area contributed by atoms with Gasteiger partial charge in [0.05, 0.1) is 11.6 Å². The van der Waals surface area contributed by atoms with Crippen LogP contribution < -0.4 is 4.74 Å². The van der Waals surface area contributed by atoms with Crippen molar-refractivity contribution in [2.24, 2.45) is 0 Å². The maximum absolute atomic E-state index is 13.5. The topological polar surface area (TPSA) is 43.4 Å². The van der Waals surface area contributed by atoms with Gasteiger partial charge in [-0.15, -0.1) is 0 Å². The van der Waals surface area contributed by atoms with E-state index in [1.54, 1.807) is 6.92 Å². The van der Waals surface area contributed by atoms with Crippen LogP contribution in [-0.4, -0.2) is 15.0 Å². The summed E-state index contributed by atoms with van der Waals surface area (Å²) in [6, 6.07) is 2.20. The van der Waals surface area contributed by atoms with Crippen LogP contribution in [0.3, 0.4) is 0 Å². The predicted molar refractivity (Wildman–Crippen MR) is 55.6 cm³/mol. The van der Waals surface area contributed by atoms with Gasteiger partial charge in [0.15, 0.2) is 11.6 Å². The van der Waals surface area contributed by atoms with Crippen LogP contribution in [0.4, 0.5) is 4.39 Å². The molecule has 0 aromatic heterocycles. The molecule has 1 rings (SSSR count). The molecular formula is C8H7Cl2FO3S. The third-order valence-corrected chi connectivity index (χ3v) is 3.20. The first-order valence-corrected chi connectivity index (χ1v) is 6.62. The summed E-state index contributed by atoms with van der Waals surface area (Å²) in [6.07, 6.45) is 0. The molecule has 15 heavy (non-hydrogen) atoms. The van der Waals surface area contributed by atoms with Gasteiger partial charge in [0.25, 0.3) is 9.05 Å². The van der Waals surface area contributed by atoms with Crippen molar-refractivity contribution in [3.05, 3.63) is 23.0 Å². The Balaban J connectivity index is 3.42. The Kier molecular flexibility index (Phi) is 3.81. The number of halogens is 3. The molecule has 0 N–H and O–H groups in total. The van der Waals surface area contributed by atoms with E-state index >= 15 is 0 Å². The van der Waals surface area contributed by atoms with E-state index in [2.05, 4.69) is 0 Å². The zero-order valence-electron chi connectivity index (χ0n) is 7.63. The van der Waals surface area contributed by atoms with E-state index in [4.69, 9.17) is 27.0 Å². The molecule has 0 bridgehead atoms. The standard InChI is InChI=1S/C8H7Cl2FO3S/c1-2-14-8-5(9)3-4-6(7(8)11)15(10,12)13/h3-4H,2H2,1H3. The van der Waals surface area contributed by atoms with Crippen LogP contribution >= 0.6 is 22.3 Å². The molecule has 0 spiro atoms. The number of hydrogen-bond acceptors (Lipinski definition) is 3. The molecule has 0 heterocycles. The molecule has 0 saturated heterocycles. The Morgan fingerprint density at radius 2 is 2.07 bits per heavy atom. The largest absolute Gasteiger partial charge is 0.489 e. The van der Waals surface area contributed by atoms with Crippen molar-refractivity contribution in [3.8, 4) is 5.75 Å². The first kappa shape index (κ1) is 12.5. The molecular weight excluding hydrogens is 266 g/mol. The highest BCUT2D eigenvalue weighted by Crippen LogP contribution is 2.33. The second kappa shape index (κ2) is 4.55. The molecule has 0 unspecified atom stereocenters. The molecule has 3 nitrogen and oxygen atoms in total. The molecule has 0 aliphatic heterocycles. The average molecular weight is 273 g/mol. The van der Waals surface area contributed by atoms with Gasteiger partial charge >= 0.3 is 0 Å². The third-order valence-electron chi connectivity index (χ3n) is 1.56. The minimum Gasteiger partial charge on any atom is -0.489 e. The number of rotatable bonds is 3. The Labute approximate surface area is 96.2 Å². The second-order valence-electron chi connectivity index (χ2n) is 2.56. The molecule has 0 fully saturated rings. The zero-order valence-corrected chi connectivity index (χ0v) is 9.96. The van der Waals surface area contributed by atoms with E-state index in [1.807, 2.05) is 0 Å². The lowest BCUT2D eigenvalue weighted by Crippen LogP contribution is -2.01. The quantitative estimate of drug-likeness (QED) is 0.795. The fourth-order valence-electron chi connectivity index (χ4n) is 0.979. The number of benzene rings is 1. The van der Waals surface area contributed by atoms with E-state index in [-0.39, 0.29) is 17.4 Å². The summed E-state index contributed by atoms with van der Waals surface area (Å²) in [5.41, 5.74) is 0. The zero-order chi connectivity index (χ0) is 11.6. The van der Waals surface area contributed by atoms with Crippen LogP contribution in [0.25, 0.3) is 0 Å². The van der Waals surface area contributed by atoms with Gasteiger partial charge in [0, 0.05) is 10.7 Å². The third kappa shape index (κ3) is 2.74. The van der Waals surface area contributed by atoms with Gasteiger partial charge in [0.1, 0.15) is 4.90 Å². The molecule has 0 atom stereocenters. The summed E-state index contributed by atoms with van der Waals surface area (Å²) in [5, 5.41) is -0.00147. The van der Waals surface area contributed by atoms with Crippen LogP contribution in [0.5, 0.6) is 5.75 Å². The van der Waals surface area contributed by atoms with Gasteiger partial charge in [-0.05, 0) is 19.1 Å². The smallest absolute Gasteiger partial charge is 0.264 e. The van der Waals surface area contributed by atoms with E-state index in [9.17, 15) is 12.8 Å². The minimum atomic E-state index is -4.13. The molecule has 0 aliphatic carbocycles. The van der Waals surface area contributed by atoms with Crippen LogP contribution in [0.2, 0.25) is 5.02 Å². The van der Waals surface area contributed by atoms with Gasteiger partial charge in [0.2, 0.25) is 0 Å². The summed E-state index contributed by atoms with van der Waals surface area (Å²) < 4.78 is 40.3. The molecule has 0 aliphatic rings. The normalized spacial score (nSPS) is 11.5.